The van der Waals surface area contributed by atoms with Crippen molar-refractivity contribution in [1.29, 1.82) is 0 Å². The van der Waals surface area contributed by atoms with E-state index >= 15 is 0 Å². The lowest BCUT2D eigenvalue weighted by atomic mass is 10.1. The van der Waals surface area contributed by atoms with E-state index in [0.717, 1.165) is 17.0 Å². The first-order chi connectivity index (χ1) is 9.35. The smallest absolute Gasteiger partial charge is 0.318 e. The van der Waals surface area contributed by atoms with E-state index in [4.69, 9.17) is 0 Å². The number of amides is 2. The molecule has 1 rings (SSSR count). The van der Waals surface area contributed by atoms with Crippen LogP contribution in [0.15, 0.2) is 5.38 Å². The SMILES string of the molecule is CC(C)c1nc(CN(C)C(=O)N[C@H](C=O)C(C)C)cs1. The summed E-state index contributed by atoms with van der Waals surface area (Å²) >= 11 is 1.61. The Labute approximate surface area is 124 Å². The van der Waals surface area contributed by atoms with Gasteiger partial charge in [0.05, 0.1) is 23.3 Å². The molecule has 0 saturated heterocycles. The van der Waals surface area contributed by atoms with Crippen molar-refractivity contribution in [3.05, 3.63) is 16.1 Å². The molecule has 0 bridgehead atoms. The van der Waals surface area contributed by atoms with Crippen molar-refractivity contribution in [2.75, 3.05) is 7.05 Å². The van der Waals surface area contributed by atoms with Crippen LogP contribution in [-0.4, -0.2) is 35.3 Å². The number of carbonyl (C=O) groups is 2. The number of thiazole rings is 1. The number of hydrogen-bond acceptors (Lipinski definition) is 4. The summed E-state index contributed by atoms with van der Waals surface area (Å²) in [7, 11) is 1.70. The Hall–Kier alpha value is -1.43. The van der Waals surface area contributed by atoms with E-state index in [2.05, 4.69) is 24.1 Å². The quantitative estimate of drug-likeness (QED) is 0.821. The van der Waals surface area contributed by atoms with Crippen molar-refractivity contribution in [1.82, 2.24) is 15.2 Å². The summed E-state index contributed by atoms with van der Waals surface area (Å²) in [5.74, 6) is 0.477. The minimum absolute atomic E-state index is 0.0802. The largest absolute Gasteiger partial charge is 0.328 e. The van der Waals surface area contributed by atoms with Crippen LogP contribution in [0.1, 0.15) is 44.3 Å². The Morgan fingerprint density at radius 1 is 1.45 bits per heavy atom. The van der Waals surface area contributed by atoms with Crippen LogP contribution in [-0.2, 0) is 11.3 Å². The third-order valence-corrected chi connectivity index (χ3v) is 4.16. The van der Waals surface area contributed by atoms with Crippen LogP contribution >= 0.6 is 11.3 Å². The maximum Gasteiger partial charge on any atom is 0.318 e. The Morgan fingerprint density at radius 2 is 2.10 bits per heavy atom. The van der Waals surface area contributed by atoms with Crippen molar-refractivity contribution in [2.24, 2.45) is 5.92 Å². The van der Waals surface area contributed by atoms with Crippen molar-refractivity contribution < 1.29 is 9.59 Å². The predicted molar refractivity (Wildman–Crippen MR) is 80.9 cm³/mol. The molecule has 1 atom stereocenters. The molecule has 5 nitrogen and oxygen atoms in total. The van der Waals surface area contributed by atoms with Crippen molar-refractivity contribution in [3.63, 3.8) is 0 Å². The minimum atomic E-state index is -0.452. The fourth-order valence-electron chi connectivity index (χ4n) is 1.59. The van der Waals surface area contributed by atoms with Gasteiger partial charge in [-0.2, -0.15) is 0 Å². The number of rotatable bonds is 6. The molecule has 20 heavy (non-hydrogen) atoms. The van der Waals surface area contributed by atoms with E-state index < -0.39 is 6.04 Å². The molecule has 0 aliphatic carbocycles. The maximum absolute atomic E-state index is 12.0. The van der Waals surface area contributed by atoms with E-state index in [1.165, 1.54) is 4.90 Å². The van der Waals surface area contributed by atoms with E-state index in [1.54, 1.807) is 18.4 Å². The van der Waals surface area contributed by atoms with Gasteiger partial charge in [-0.05, 0) is 5.92 Å². The summed E-state index contributed by atoms with van der Waals surface area (Å²) in [5.41, 5.74) is 0.878. The summed E-state index contributed by atoms with van der Waals surface area (Å²) in [6.45, 7) is 8.43. The van der Waals surface area contributed by atoms with Gasteiger partial charge in [0.25, 0.3) is 0 Å². The monoisotopic (exact) mass is 297 g/mol. The van der Waals surface area contributed by atoms with E-state index in [9.17, 15) is 9.59 Å². The molecule has 2 amide bonds. The lowest BCUT2D eigenvalue weighted by Crippen LogP contribution is -2.45. The van der Waals surface area contributed by atoms with Gasteiger partial charge < -0.3 is 15.0 Å². The number of nitrogens with one attached hydrogen (secondary N) is 1. The van der Waals surface area contributed by atoms with E-state index in [1.807, 2.05) is 19.2 Å². The zero-order valence-corrected chi connectivity index (χ0v) is 13.5. The van der Waals surface area contributed by atoms with Crippen LogP contribution in [0.5, 0.6) is 0 Å². The van der Waals surface area contributed by atoms with Gasteiger partial charge in [0.1, 0.15) is 6.29 Å². The summed E-state index contributed by atoms with van der Waals surface area (Å²) < 4.78 is 0. The van der Waals surface area contributed by atoms with Crippen molar-refractivity contribution >= 4 is 23.7 Å². The zero-order valence-electron chi connectivity index (χ0n) is 12.7. The fourth-order valence-corrected chi connectivity index (χ4v) is 2.41. The molecule has 1 heterocycles. The summed E-state index contributed by atoms with van der Waals surface area (Å²) in [6.07, 6.45) is 0.774. The standard InChI is InChI=1S/C14H23N3O2S/c1-9(2)12(7-18)16-14(19)17(5)6-11-8-20-13(15-11)10(3)4/h7-10,12H,6H2,1-5H3,(H,16,19)/t12-/m1/s1. The molecule has 0 radical (unpaired) electrons. The summed E-state index contributed by atoms with van der Waals surface area (Å²) in [4.78, 5) is 28.9. The Kier molecular flexibility index (Phi) is 6.13. The topological polar surface area (TPSA) is 62.3 Å². The Morgan fingerprint density at radius 3 is 2.55 bits per heavy atom. The molecule has 1 aromatic heterocycles. The van der Waals surface area contributed by atoms with Gasteiger partial charge in [0.15, 0.2) is 0 Å². The molecule has 112 valence electrons. The Bertz CT molecular complexity index is 457. The van der Waals surface area contributed by atoms with Gasteiger partial charge in [0.2, 0.25) is 0 Å². The van der Waals surface area contributed by atoms with Crippen molar-refractivity contribution in [3.8, 4) is 0 Å². The second-order valence-corrected chi connectivity index (χ2v) is 6.43. The van der Waals surface area contributed by atoms with Crippen LogP contribution in [0.4, 0.5) is 4.79 Å². The molecule has 0 aliphatic rings. The number of aromatic nitrogens is 1. The number of nitrogens with zero attached hydrogens (tertiary/aromatic N) is 2. The second kappa shape index (κ2) is 7.38. The van der Waals surface area contributed by atoms with Crippen LogP contribution < -0.4 is 5.32 Å². The highest BCUT2D eigenvalue weighted by Crippen LogP contribution is 2.19. The highest BCUT2D eigenvalue weighted by molar-refractivity contribution is 7.09. The van der Waals surface area contributed by atoms with Crippen LogP contribution in [0, 0.1) is 5.92 Å². The molecule has 0 saturated carbocycles. The molecule has 1 aromatic rings. The first-order valence-corrected chi connectivity index (χ1v) is 7.64. The predicted octanol–water partition coefficient (Wildman–Crippen LogP) is 2.63. The van der Waals surface area contributed by atoms with Crippen LogP contribution in [0.2, 0.25) is 0 Å². The molecule has 0 fully saturated rings. The van der Waals surface area contributed by atoms with Gasteiger partial charge in [-0.3, -0.25) is 0 Å². The molecule has 0 aromatic carbocycles. The molecule has 0 unspecified atom stereocenters. The Balaban J connectivity index is 2.58. The molecule has 0 aliphatic heterocycles. The maximum atomic E-state index is 12.0. The minimum Gasteiger partial charge on any atom is -0.328 e. The van der Waals surface area contributed by atoms with Gasteiger partial charge in [-0.25, -0.2) is 9.78 Å². The lowest BCUT2D eigenvalue weighted by molar-refractivity contribution is -0.110. The van der Waals surface area contributed by atoms with Gasteiger partial charge in [-0.15, -0.1) is 11.3 Å². The summed E-state index contributed by atoms with van der Waals surface area (Å²) in [5, 5.41) is 5.75. The number of urea groups is 1. The third-order valence-electron chi connectivity index (χ3n) is 2.96. The molecule has 1 N–H and O–H groups in total. The van der Waals surface area contributed by atoms with Gasteiger partial charge in [-0.1, -0.05) is 27.7 Å². The van der Waals surface area contributed by atoms with Gasteiger partial charge in [0, 0.05) is 18.3 Å². The molecular formula is C14H23N3O2S. The molecular weight excluding hydrogens is 274 g/mol. The third kappa shape index (κ3) is 4.59. The highest BCUT2D eigenvalue weighted by atomic mass is 32.1. The number of aldehydes is 1. The summed E-state index contributed by atoms with van der Waals surface area (Å²) in [6, 6.07) is -0.707. The first kappa shape index (κ1) is 16.6. The highest BCUT2D eigenvalue weighted by Gasteiger charge is 2.18. The van der Waals surface area contributed by atoms with Crippen LogP contribution in [0.3, 0.4) is 0 Å². The number of carbonyl (C=O) groups excluding carboxylic acids is 2. The van der Waals surface area contributed by atoms with E-state index in [-0.39, 0.29) is 11.9 Å². The van der Waals surface area contributed by atoms with Crippen molar-refractivity contribution in [2.45, 2.75) is 46.2 Å². The molecule has 6 heteroatoms. The lowest BCUT2D eigenvalue weighted by Gasteiger charge is -2.21. The first-order valence-electron chi connectivity index (χ1n) is 6.76. The average molecular weight is 297 g/mol. The van der Waals surface area contributed by atoms with E-state index in [0.29, 0.717) is 12.5 Å². The average Bonchev–Trinajstić information content (AvgIpc) is 2.83. The zero-order chi connectivity index (χ0) is 15.3. The van der Waals surface area contributed by atoms with Crippen LogP contribution in [0.25, 0.3) is 0 Å². The fraction of sp³-hybridized carbons (Fsp3) is 0.643. The second-order valence-electron chi connectivity index (χ2n) is 5.54. The normalized spacial score (nSPS) is 12.6. The van der Waals surface area contributed by atoms with Gasteiger partial charge >= 0.3 is 6.03 Å². The number of hydrogen-bond donors (Lipinski definition) is 1. The molecule has 0 spiro atoms.